The van der Waals surface area contributed by atoms with E-state index in [0.29, 0.717) is 16.2 Å². The Morgan fingerprint density at radius 3 is 2.47 bits per heavy atom. The molecule has 3 atom stereocenters. The van der Waals surface area contributed by atoms with Crippen LogP contribution in [0.1, 0.15) is 59.8 Å². The molecular weight excluding hydrogens is 180 g/mol. The summed E-state index contributed by atoms with van der Waals surface area (Å²) in [6.07, 6.45) is 9.94. The summed E-state index contributed by atoms with van der Waals surface area (Å²) in [6, 6.07) is 0. The zero-order chi connectivity index (χ0) is 10.9. The molecule has 0 heterocycles. The van der Waals surface area contributed by atoms with Crippen molar-refractivity contribution in [2.24, 2.45) is 22.2 Å². The average Bonchev–Trinajstić information content (AvgIpc) is 2.53. The van der Waals surface area contributed by atoms with Crippen LogP contribution in [0.15, 0.2) is 11.6 Å². The minimum Gasteiger partial charge on any atom is -0.0780 e. The molecular formula is C15H24. The van der Waals surface area contributed by atoms with Crippen LogP contribution >= 0.6 is 0 Å². The monoisotopic (exact) mass is 204 g/mol. The van der Waals surface area contributed by atoms with E-state index >= 15 is 0 Å². The van der Waals surface area contributed by atoms with Gasteiger partial charge in [0.2, 0.25) is 0 Å². The van der Waals surface area contributed by atoms with Crippen LogP contribution in [0.5, 0.6) is 0 Å². The van der Waals surface area contributed by atoms with Crippen molar-refractivity contribution in [1.82, 2.24) is 0 Å². The Hall–Kier alpha value is -0.260. The molecule has 2 saturated carbocycles. The van der Waals surface area contributed by atoms with Gasteiger partial charge in [0, 0.05) is 0 Å². The highest BCUT2D eigenvalue weighted by Crippen LogP contribution is 2.75. The molecule has 0 aromatic carbocycles. The first-order valence-electron chi connectivity index (χ1n) is 6.62. The van der Waals surface area contributed by atoms with Crippen LogP contribution in [0.2, 0.25) is 0 Å². The normalized spacial score (nSPS) is 51.5. The molecule has 0 aromatic rings. The molecule has 2 bridgehead atoms. The van der Waals surface area contributed by atoms with Crippen LogP contribution in [-0.2, 0) is 0 Å². The third-order valence-electron chi connectivity index (χ3n) is 6.34. The van der Waals surface area contributed by atoms with E-state index in [9.17, 15) is 0 Å². The summed E-state index contributed by atoms with van der Waals surface area (Å²) in [4.78, 5) is 0. The molecule has 0 aromatic heterocycles. The van der Waals surface area contributed by atoms with E-state index in [-0.39, 0.29) is 0 Å². The Labute approximate surface area is 94.1 Å². The largest absolute Gasteiger partial charge is 0.0780 e. The highest BCUT2D eigenvalue weighted by atomic mass is 14.7. The number of hydrogen-bond donors (Lipinski definition) is 0. The second-order valence-corrected chi connectivity index (χ2v) is 7.11. The van der Waals surface area contributed by atoms with Crippen molar-refractivity contribution in [3.05, 3.63) is 11.6 Å². The smallest absolute Gasteiger partial charge is 0.000477 e. The van der Waals surface area contributed by atoms with Crippen molar-refractivity contribution in [3.8, 4) is 0 Å². The Kier molecular flexibility index (Phi) is 1.67. The lowest BCUT2D eigenvalue weighted by molar-refractivity contribution is -0.0413. The first-order valence-corrected chi connectivity index (χ1v) is 6.62. The van der Waals surface area contributed by atoms with Crippen molar-refractivity contribution in [1.29, 1.82) is 0 Å². The molecule has 0 aliphatic heterocycles. The fourth-order valence-electron chi connectivity index (χ4n) is 5.57. The maximum absolute atomic E-state index is 2.68. The summed E-state index contributed by atoms with van der Waals surface area (Å²) in [6.45, 7) is 9.99. The molecule has 84 valence electrons. The van der Waals surface area contributed by atoms with Crippen molar-refractivity contribution in [2.45, 2.75) is 59.8 Å². The van der Waals surface area contributed by atoms with Crippen LogP contribution in [0, 0.1) is 22.2 Å². The first kappa shape index (κ1) is 9.93. The van der Waals surface area contributed by atoms with Gasteiger partial charge in [0.25, 0.3) is 0 Å². The van der Waals surface area contributed by atoms with Crippen molar-refractivity contribution in [2.75, 3.05) is 0 Å². The Morgan fingerprint density at radius 2 is 1.87 bits per heavy atom. The second-order valence-electron chi connectivity index (χ2n) is 7.11. The van der Waals surface area contributed by atoms with Gasteiger partial charge in [-0.3, -0.25) is 0 Å². The Morgan fingerprint density at radius 1 is 1.13 bits per heavy atom. The van der Waals surface area contributed by atoms with E-state index in [0.717, 1.165) is 5.92 Å². The standard InChI is InChI=1S/C15H24/c1-11-10-15-9-6-12(11)14(15,4)8-5-7-13(15,2)3/h10,12H,5-9H2,1-4H3/t12-,14+,15+/m0/s1. The molecule has 0 amide bonds. The Bertz CT molecular complexity index is 336. The lowest BCUT2D eigenvalue weighted by Crippen LogP contribution is -2.48. The maximum Gasteiger partial charge on any atom is -0.000477 e. The van der Waals surface area contributed by atoms with Gasteiger partial charge in [-0.25, -0.2) is 0 Å². The van der Waals surface area contributed by atoms with Crippen LogP contribution < -0.4 is 0 Å². The predicted molar refractivity (Wildman–Crippen MR) is 64.7 cm³/mol. The second kappa shape index (κ2) is 2.52. The van der Waals surface area contributed by atoms with E-state index in [4.69, 9.17) is 0 Å². The Balaban J connectivity index is 2.18. The van der Waals surface area contributed by atoms with Gasteiger partial charge in [0.1, 0.15) is 0 Å². The lowest BCUT2D eigenvalue weighted by Gasteiger charge is -2.55. The van der Waals surface area contributed by atoms with Crippen LogP contribution in [0.4, 0.5) is 0 Å². The van der Waals surface area contributed by atoms with Crippen molar-refractivity contribution < 1.29 is 0 Å². The van der Waals surface area contributed by atoms with Gasteiger partial charge in [0.05, 0.1) is 0 Å². The van der Waals surface area contributed by atoms with Gasteiger partial charge in [-0.05, 0) is 54.8 Å². The minimum absolute atomic E-state index is 0.534. The summed E-state index contributed by atoms with van der Waals surface area (Å²) in [7, 11) is 0. The topological polar surface area (TPSA) is 0 Å². The van der Waals surface area contributed by atoms with Gasteiger partial charge in [-0.15, -0.1) is 0 Å². The van der Waals surface area contributed by atoms with E-state index < -0.39 is 0 Å². The lowest BCUT2D eigenvalue weighted by atomic mass is 9.49. The van der Waals surface area contributed by atoms with Gasteiger partial charge >= 0.3 is 0 Å². The van der Waals surface area contributed by atoms with Gasteiger partial charge in [-0.1, -0.05) is 38.8 Å². The summed E-state index contributed by atoms with van der Waals surface area (Å²) in [5.41, 5.74) is 3.40. The molecule has 0 heteroatoms. The van der Waals surface area contributed by atoms with Crippen LogP contribution in [0.3, 0.4) is 0 Å². The molecule has 3 aliphatic carbocycles. The zero-order valence-electron chi connectivity index (χ0n) is 10.7. The number of allylic oxidation sites excluding steroid dienone is 2. The molecule has 0 N–H and O–H groups in total. The first-order chi connectivity index (χ1) is 6.93. The van der Waals surface area contributed by atoms with Gasteiger partial charge < -0.3 is 0 Å². The molecule has 0 nitrogen and oxygen atoms in total. The number of hydrogen-bond acceptors (Lipinski definition) is 0. The van der Waals surface area contributed by atoms with Crippen molar-refractivity contribution in [3.63, 3.8) is 0 Å². The molecule has 0 saturated heterocycles. The molecule has 15 heavy (non-hydrogen) atoms. The maximum atomic E-state index is 2.68. The highest BCUT2D eigenvalue weighted by molar-refractivity contribution is 5.34. The van der Waals surface area contributed by atoms with Gasteiger partial charge in [-0.2, -0.15) is 0 Å². The SMILES string of the molecule is CC1=C[C@@]23CC[C@@H]1[C@@]2(C)CCCC3(C)C. The highest BCUT2D eigenvalue weighted by Gasteiger charge is 2.66. The van der Waals surface area contributed by atoms with Crippen LogP contribution in [-0.4, -0.2) is 0 Å². The molecule has 3 aliphatic rings. The summed E-state index contributed by atoms with van der Waals surface area (Å²) >= 11 is 0. The molecule has 0 radical (unpaired) electrons. The van der Waals surface area contributed by atoms with Gasteiger partial charge in [0.15, 0.2) is 0 Å². The third kappa shape index (κ3) is 0.867. The predicted octanol–water partition coefficient (Wildman–Crippen LogP) is 4.56. The minimum atomic E-state index is 0.534. The fourth-order valence-corrected chi connectivity index (χ4v) is 5.57. The van der Waals surface area contributed by atoms with Crippen LogP contribution in [0.25, 0.3) is 0 Å². The van der Waals surface area contributed by atoms with Crippen molar-refractivity contribution >= 4 is 0 Å². The molecule has 3 rings (SSSR count). The zero-order valence-corrected chi connectivity index (χ0v) is 10.7. The van der Waals surface area contributed by atoms with E-state index in [1.54, 1.807) is 5.57 Å². The molecule has 0 spiro atoms. The average molecular weight is 204 g/mol. The van der Waals surface area contributed by atoms with E-state index in [2.05, 4.69) is 33.8 Å². The molecule has 2 fully saturated rings. The fraction of sp³-hybridized carbons (Fsp3) is 0.867. The molecule has 0 unspecified atom stereocenters. The van der Waals surface area contributed by atoms with E-state index in [1.165, 1.54) is 32.1 Å². The summed E-state index contributed by atoms with van der Waals surface area (Å²) < 4.78 is 0. The quantitative estimate of drug-likeness (QED) is 0.507. The third-order valence-corrected chi connectivity index (χ3v) is 6.34. The number of rotatable bonds is 0. The summed E-state index contributed by atoms with van der Waals surface area (Å²) in [5, 5.41) is 0. The summed E-state index contributed by atoms with van der Waals surface area (Å²) in [5.74, 6) is 0.914. The van der Waals surface area contributed by atoms with E-state index in [1.807, 2.05) is 0 Å².